The topological polar surface area (TPSA) is 86.7 Å². The molecule has 1 aliphatic heterocycles. The highest BCUT2D eigenvalue weighted by Gasteiger charge is 2.24. The van der Waals surface area contributed by atoms with Gasteiger partial charge < -0.3 is 29.5 Å². The number of carbonyl (C=O) groups excluding carboxylic acids is 2. The van der Waals surface area contributed by atoms with E-state index < -0.39 is 0 Å². The smallest absolute Gasteiger partial charge is 0.409 e. The Balaban J connectivity index is 0.00000676. The molecule has 10 heteroatoms. The predicted molar refractivity (Wildman–Crippen MR) is 116 cm³/mol. The van der Waals surface area contributed by atoms with Crippen LogP contribution in [0.3, 0.4) is 0 Å². The van der Waals surface area contributed by atoms with E-state index in [4.69, 9.17) is 9.47 Å². The number of hydrogen-bond acceptors (Lipinski definition) is 5. The molecule has 0 aromatic rings. The second-order valence-corrected chi connectivity index (χ2v) is 6.08. The van der Waals surface area contributed by atoms with Gasteiger partial charge in [0.15, 0.2) is 5.96 Å². The lowest BCUT2D eigenvalue weighted by atomic mass is 10.3. The van der Waals surface area contributed by atoms with Crippen molar-refractivity contribution in [3.05, 3.63) is 0 Å². The minimum Gasteiger partial charge on any atom is -0.450 e. The fourth-order valence-electron chi connectivity index (χ4n) is 2.39. The monoisotopic (exact) mass is 499 g/mol. The highest BCUT2D eigenvalue weighted by molar-refractivity contribution is 14.0. The normalized spacial score (nSPS) is 14.4. The number of amides is 2. The molecule has 0 radical (unpaired) electrons. The Hall–Kier alpha value is -1.30. The summed E-state index contributed by atoms with van der Waals surface area (Å²) in [5, 5.41) is 3.30. The standard InChI is InChI=1S/C17H33N5O4.HI/c1-5-25-13-7-8-18-16(19-14-15(23)20(3)4)21-9-11-22(12-10-21)17(24)26-6-2;/h5-14H2,1-4H3,(H,18,19);1H. The third kappa shape index (κ3) is 9.99. The van der Waals surface area contributed by atoms with E-state index in [9.17, 15) is 9.59 Å². The van der Waals surface area contributed by atoms with Gasteiger partial charge in [-0.05, 0) is 20.3 Å². The van der Waals surface area contributed by atoms with E-state index >= 15 is 0 Å². The summed E-state index contributed by atoms with van der Waals surface area (Å²) in [6, 6.07) is 0. The van der Waals surface area contributed by atoms with Crippen LogP contribution in [-0.2, 0) is 14.3 Å². The van der Waals surface area contributed by atoms with Gasteiger partial charge in [-0.2, -0.15) is 0 Å². The fraction of sp³-hybridized carbons (Fsp3) is 0.824. The van der Waals surface area contributed by atoms with Gasteiger partial charge in [-0.15, -0.1) is 24.0 Å². The van der Waals surface area contributed by atoms with E-state index in [1.54, 1.807) is 25.9 Å². The first-order valence-corrected chi connectivity index (χ1v) is 9.22. The van der Waals surface area contributed by atoms with Crippen LogP contribution in [0.25, 0.3) is 0 Å². The predicted octanol–water partition coefficient (Wildman–Crippen LogP) is 0.839. The summed E-state index contributed by atoms with van der Waals surface area (Å²) in [7, 11) is 3.43. The maximum Gasteiger partial charge on any atom is 0.409 e. The van der Waals surface area contributed by atoms with Crippen molar-refractivity contribution in [2.24, 2.45) is 4.99 Å². The van der Waals surface area contributed by atoms with Gasteiger partial charge >= 0.3 is 6.09 Å². The zero-order valence-corrected chi connectivity index (χ0v) is 19.2. The number of nitrogens with zero attached hydrogens (tertiary/aromatic N) is 4. The molecule has 158 valence electrons. The molecule has 2 amide bonds. The minimum absolute atomic E-state index is 0. The van der Waals surface area contributed by atoms with E-state index in [1.165, 1.54) is 4.90 Å². The number of ether oxygens (including phenoxy) is 2. The van der Waals surface area contributed by atoms with E-state index in [0.717, 1.165) is 6.42 Å². The van der Waals surface area contributed by atoms with Crippen LogP contribution in [0.4, 0.5) is 4.79 Å². The molecule has 0 spiro atoms. The third-order valence-electron chi connectivity index (χ3n) is 3.92. The van der Waals surface area contributed by atoms with Crippen LogP contribution in [0.5, 0.6) is 0 Å². The number of guanidine groups is 1. The summed E-state index contributed by atoms with van der Waals surface area (Å²) in [5.41, 5.74) is 0. The number of rotatable bonds is 8. The Labute approximate surface area is 179 Å². The summed E-state index contributed by atoms with van der Waals surface area (Å²) in [6.45, 7) is 8.77. The lowest BCUT2D eigenvalue weighted by Crippen LogP contribution is -2.54. The zero-order valence-electron chi connectivity index (χ0n) is 16.9. The maximum absolute atomic E-state index is 11.8. The summed E-state index contributed by atoms with van der Waals surface area (Å²) in [4.78, 5) is 33.4. The average molecular weight is 499 g/mol. The van der Waals surface area contributed by atoms with Crippen molar-refractivity contribution in [2.45, 2.75) is 20.3 Å². The molecule has 0 aromatic heterocycles. The maximum atomic E-state index is 11.8. The SMILES string of the molecule is CCOCCCNC(=NCC(=O)N(C)C)N1CCN(C(=O)OCC)CC1.I. The molecular formula is C17H34IN5O4. The molecule has 0 unspecified atom stereocenters. The zero-order chi connectivity index (χ0) is 19.4. The van der Waals surface area contributed by atoms with Crippen LogP contribution < -0.4 is 5.32 Å². The number of nitrogens with one attached hydrogen (secondary N) is 1. The number of likely N-dealkylation sites (N-methyl/N-ethyl adjacent to an activating group) is 1. The van der Waals surface area contributed by atoms with Gasteiger partial charge in [-0.1, -0.05) is 0 Å². The number of carbonyl (C=O) groups is 2. The van der Waals surface area contributed by atoms with Gasteiger partial charge in [0.05, 0.1) is 6.61 Å². The van der Waals surface area contributed by atoms with Crippen LogP contribution >= 0.6 is 24.0 Å². The highest BCUT2D eigenvalue weighted by atomic mass is 127. The molecule has 0 bridgehead atoms. The number of halogens is 1. The molecule has 0 aromatic carbocycles. The van der Waals surface area contributed by atoms with Crippen molar-refractivity contribution in [1.29, 1.82) is 0 Å². The van der Waals surface area contributed by atoms with Gasteiger partial charge in [-0.25, -0.2) is 9.79 Å². The lowest BCUT2D eigenvalue weighted by Gasteiger charge is -2.36. The summed E-state index contributed by atoms with van der Waals surface area (Å²) in [5.74, 6) is 0.643. The number of piperazine rings is 1. The molecule has 9 nitrogen and oxygen atoms in total. The van der Waals surface area contributed by atoms with Crippen LogP contribution in [0.1, 0.15) is 20.3 Å². The van der Waals surface area contributed by atoms with Crippen molar-refractivity contribution in [3.63, 3.8) is 0 Å². The highest BCUT2D eigenvalue weighted by Crippen LogP contribution is 2.05. The Morgan fingerprint density at radius 1 is 1.07 bits per heavy atom. The molecule has 1 rings (SSSR count). The molecule has 1 aliphatic rings. The summed E-state index contributed by atoms with van der Waals surface area (Å²) in [6.07, 6.45) is 0.579. The van der Waals surface area contributed by atoms with E-state index in [-0.39, 0.29) is 42.5 Å². The minimum atomic E-state index is -0.280. The molecule has 1 N–H and O–H groups in total. The van der Waals surface area contributed by atoms with E-state index in [0.29, 0.717) is 58.5 Å². The second-order valence-electron chi connectivity index (χ2n) is 6.08. The third-order valence-corrected chi connectivity index (χ3v) is 3.92. The van der Waals surface area contributed by atoms with Gasteiger partial charge in [0.25, 0.3) is 0 Å². The first kappa shape index (κ1) is 25.7. The molecule has 0 aliphatic carbocycles. The van der Waals surface area contributed by atoms with E-state index in [2.05, 4.69) is 15.2 Å². The second kappa shape index (κ2) is 14.7. The van der Waals surface area contributed by atoms with Gasteiger partial charge in [-0.3, -0.25) is 4.79 Å². The van der Waals surface area contributed by atoms with Crippen molar-refractivity contribution < 1.29 is 19.1 Å². The quantitative estimate of drug-likeness (QED) is 0.231. The number of hydrogen-bond donors (Lipinski definition) is 1. The van der Waals surface area contributed by atoms with Gasteiger partial charge in [0.2, 0.25) is 5.91 Å². The Kier molecular flexibility index (Phi) is 14.0. The van der Waals surface area contributed by atoms with Crippen LogP contribution in [0, 0.1) is 0 Å². The molecule has 1 heterocycles. The molecule has 1 saturated heterocycles. The molecule has 27 heavy (non-hydrogen) atoms. The van der Waals surface area contributed by atoms with Crippen LogP contribution in [0.15, 0.2) is 4.99 Å². The van der Waals surface area contributed by atoms with Crippen LogP contribution in [0.2, 0.25) is 0 Å². The lowest BCUT2D eigenvalue weighted by molar-refractivity contribution is -0.127. The largest absolute Gasteiger partial charge is 0.450 e. The van der Waals surface area contributed by atoms with Crippen LogP contribution in [-0.4, -0.2) is 106 Å². The molecule has 1 fully saturated rings. The van der Waals surface area contributed by atoms with E-state index in [1.807, 2.05) is 6.92 Å². The summed E-state index contributed by atoms with van der Waals surface area (Å²) < 4.78 is 10.4. The fourth-order valence-corrected chi connectivity index (χ4v) is 2.39. The Morgan fingerprint density at radius 2 is 1.70 bits per heavy atom. The van der Waals surface area contributed by atoms with Gasteiger partial charge in [0.1, 0.15) is 6.54 Å². The first-order chi connectivity index (χ1) is 12.5. The van der Waals surface area contributed by atoms with Crippen molar-refractivity contribution in [3.8, 4) is 0 Å². The molecule has 0 saturated carbocycles. The summed E-state index contributed by atoms with van der Waals surface area (Å²) >= 11 is 0. The van der Waals surface area contributed by atoms with Crippen molar-refractivity contribution >= 4 is 41.9 Å². The van der Waals surface area contributed by atoms with Gasteiger partial charge in [0, 0.05) is 60.0 Å². The van der Waals surface area contributed by atoms with Crippen molar-refractivity contribution in [2.75, 3.05) is 73.2 Å². The molecule has 0 atom stereocenters. The molecular weight excluding hydrogens is 465 g/mol. The Morgan fingerprint density at radius 3 is 2.26 bits per heavy atom. The van der Waals surface area contributed by atoms with Crippen molar-refractivity contribution in [1.82, 2.24) is 20.0 Å². The number of aliphatic imine (C=N–C) groups is 1. The average Bonchev–Trinajstić information content (AvgIpc) is 2.64. The Bertz CT molecular complexity index is 468. The first-order valence-electron chi connectivity index (χ1n) is 9.22.